The average Bonchev–Trinajstić information content (AvgIpc) is 3.36. The minimum absolute atomic E-state index is 0.00675. The topological polar surface area (TPSA) is 204 Å². The summed E-state index contributed by atoms with van der Waals surface area (Å²) in [5.41, 5.74) is 0.836. The van der Waals surface area contributed by atoms with E-state index in [-0.39, 0.29) is 69.8 Å². The number of unbranched alkanes of at least 4 members (excludes halogenated alkanes) is 1. The zero-order valence-corrected chi connectivity index (χ0v) is 28.9. The third-order valence-electron chi connectivity index (χ3n) is 8.00. The smallest absolute Gasteiger partial charge is 0.330 e. The normalized spacial score (nSPS) is 19.1. The molecule has 0 radical (unpaired) electrons. The van der Waals surface area contributed by atoms with E-state index < -0.39 is 35.3 Å². The molecule has 278 valence electrons. The van der Waals surface area contributed by atoms with Crippen LogP contribution in [0.25, 0.3) is 0 Å². The molecule has 0 aromatic heterocycles. The Hall–Kier alpha value is -4.50. The predicted molar refractivity (Wildman–Crippen MR) is 185 cm³/mol. The number of ether oxygens (including phenoxy) is 3. The minimum atomic E-state index is -0.918. The van der Waals surface area contributed by atoms with Crippen molar-refractivity contribution in [1.82, 2.24) is 5.32 Å². The van der Waals surface area contributed by atoms with Gasteiger partial charge in [0.15, 0.2) is 0 Å². The van der Waals surface area contributed by atoms with E-state index in [2.05, 4.69) is 10.2 Å². The van der Waals surface area contributed by atoms with Crippen LogP contribution < -0.4 is 14.8 Å². The number of hydrogen-bond acceptors (Lipinski definition) is 12. The molecule has 14 nitrogen and oxygen atoms in total. The van der Waals surface area contributed by atoms with Crippen LogP contribution in [0.1, 0.15) is 50.5 Å². The largest absolute Gasteiger partial charge is 0.491 e. The van der Waals surface area contributed by atoms with Crippen LogP contribution in [-0.4, -0.2) is 82.9 Å². The Kier molecular flexibility index (Phi) is 17.9. The molecule has 0 unspecified atom stereocenters. The molecule has 0 heterocycles. The van der Waals surface area contributed by atoms with Gasteiger partial charge in [-0.15, -0.1) is 10.1 Å². The fourth-order valence-electron chi connectivity index (χ4n) is 5.37. The summed E-state index contributed by atoms with van der Waals surface area (Å²) in [6.07, 6.45) is 7.50. The summed E-state index contributed by atoms with van der Waals surface area (Å²) in [6.45, 7) is -0.337. The molecule has 4 N–H and O–H groups in total. The van der Waals surface area contributed by atoms with E-state index in [0.29, 0.717) is 42.2 Å². The number of rotatable bonds is 22. The summed E-state index contributed by atoms with van der Waals surface area (Å²) in [6, 6.07) is 13.4. The third-order valence-corrected chi connectivity index (χ3v) is 8.23. The molecule has 15 heteroatoms. The molecule has 5 atom stereocenters. The number of hydrogen-bond donors (Lipinski definition) is 4. The zero-order valence-electron chi connectivity index (χ0n) is 28.1. The SMILES string of the molecule is O=C(CCCC=CC[C@@H]1[C@@H](C=C[C@@H](O)COc2cccc(Cl)c2)[C@H](O)C[C@@H]1O)NCC(=O)Oc1ccc(CCOC(=O)CCCO[N+](=O)[O-])cc1. The Balaban J connectivity index is 1.27. The first-order valence-electron chi connectivity index (χ1n) is 16.7. The predicted octanol–water partition coefficient (Wildman–Crippen LogP) is 3.91. The lowest BCUT2D eigenvalue weighted by atomic mass is 9.89. The van der Waals surface area contributed by atoms with Crippen molar-refractivity contribution in [3.05, 3.63) is 93.5 Å². The Morgan fingerprint density at radius 3 is 2.53 bits per heavy atom. The van der Waals surface area contributed by atoms with Crippen LogP contribution in [0.5, 0.6) is 11.5 Å². The summed E-state index contributed by atoms with van der Waals surface area (Å²) >= 11 is 5.95. The molecule has 0 aliphatic heterocycles. The maximum absolute atomic E-state index is 12.2. The zero-order chi connectivity index (χ0) is 37.0. The highest BCUT2D eigenvalue weighted by Crippen LogP contribution is 2.36. The van der Waals surface area contributed by atoms with Crippen LogP contribution in [0, 0.1) is 22.0 Å². The number of carbonyl (C=O) groups excluding carboxylic acids is 3. The van der Waals surface area contributed by atoms with E-state index >= 15 is 0 Å². The molecule has 0 spiro atoms. The second-order valence-electron chi connectivity index (χ2n) is 12.0. The molecule has 0 bridgehead atoms. The summed E-state index contributed by atoms with van der Waals surface area (Å²) in [5, 5.41) is 43.5. The van der Waals surface area contributed by atoms with Gasteiger partial charge in [-0.25, -0.2) is 4.79 Å². The van der Waals surface area contributed by atoms with Crippen molar-refractivity contribution in [3.63, 3.8) is 0 Å². The van der Waals surface area contributed by atoms with E-state index in [4.69, 9.17) is 25.8 Å². The lowest BCUT2D eigenvalue weighted by Crippen LogP contribution is -2.31. The average molecular weight is 733 g/mol. The number of nitrogens with one attached hydrogen (secondary N) is 1. The fourth-order valence-corrected chi connectivity index (χ4v) is 5.55. The van der Waals surface area contributed by atoms with E-state index in [1.165, 1.54) is 0 Å². The highest BCUT2D eigenvalue weighted by atomic mass is 35.5. The van der Waals surface area contributed by atoms with E-state index in [0.717, 1.165) is 5.56 Å². The molecule has 1 fully saturated rings. The van der Waals surface area contributed by atoms with E-state index in [1.54, 1.807) is 60.7 Å². The fraction of sp³-hybridized carbons (Fsp3) is 0.472. The lowest BCUT2D eigenvalue weighted by Gasteiger charge is -2.19. The van der Waals surface area contributed by atoms with Crippen LogP contribution in [-0.2, 0) is 30.4 Å². The second-order valence-corrected chi connectivity index (χ2v) is 12.4. The molecule has 2 aromatic carbocycles. The van der Waals surface area contributed by atoms with Gasteiger partial charge in [0, 0.05) is 36.6 Å². The number of esters is 2. The molecule has 0 saturated heterocycles. The lowest BCUT2D eigenvalue weighted by molar-refractivity contribution is -0.757. The molecule has 51 heavy (non-hydrogen) atoms. The molecule has 3 rings (SSSR count). The molecule has 1 amide bonds. The van der Waals surface area contributed by atoms with Gasteiger partial charge >= 0.3 is 11.9 Å². The van der Waals surface area contributed by atoms with E-state index in [9.17, 15) is 39.8 Å². The quantitative estimate of drug-likeness (QED) is 0.0340. The standard InChI is InChI=1S/C36H45ClN2O12/c37-26-7-5-8-29(21-26)49-24-27(40)14-17-31-30(32(41)22-33(31)42)9-3-1-2-4-10-34(43)38-23-36(45)51-28-15-12-25(13-16-28)18-20-48-35(44)11-6-19-50-39(46)47/h1,3,5,7-8,12-17,21,27,30-33,40-42H,2,4,6,9-11,18-20,22-24H2,(H,38,43)/t27-,30-,31-,32+,33-/m1/s1. The van der Waals surface area contributed by atoms with Crippen LogP contribution in [0.3, 0.4) is 0 Å². The second kappa shape index (κ2) is 22.3. The summed E-state index contributed by atoms with van der Waals surface area (Å²) < 4.78 is 15.9. The molecule has 1 aliphatic rings. The van der Waals surface area contributed by atoms with Crippen molar-refractivity contribution < 1.29 is 53.8 Å². The van der Waals surface area contributed by atoms with Crippen molar-refractivity contribution in [2.45, 2.75) is 69.7 Å². The number of allylic oxidation sites excluding steroid dienone is 2. The summed E-state index contributed by atoms with van der Waals surface area (Å²) in [5.74, 6) is -1.15. The number of benzene rings is 2. The van der Waals surface area contributed by atoms with Crippen molar-refractivity contribution in [2.24, 2.45) is 11.8 Å². The molecular weight excluding hydrogens is 688 g/mol. The van der Waals surface area contributed by atoms with Crippen molar-refractivity contribution in [1.29, 1.82) is 0 Å². The minimum Gasteiger partial charge on any atom is -0.491 e. The molecular formula is C36H45ClN2O12. The maximum atomic E-state index is 12.2. The number of halogens is 1. The highest BCUT2D eigenvalue weighted by Gasteiger charge is 2.39. The van der Waals surface area contributed by atoms with Crippen LogP contribution in [0.4, 0.5) is 0 Å². The van der Waals surface area contributed by atoms with Gasteiger partial charge in [-0.05, 0) is 67.5 Å². The van der Waals surface area contributed by atoms with Gasteiger partial charge in [-0.3, -0.25) is 9.59 Å². The number of nitrogens with zero attached hydrogens (tertiary/aromatic N) is 1. The van der Waals surface area contributed by atoms with Gasteiger partial charge in [0.05, 0.1) is 25.4 Å². The Morgan fingerprint density at radius 2 is 1.78 bits per heavy atom. The van der Waals surface area contributed by atoms with Gasteiger partial charge in [0.2, 0.25) is 5.91 Å². The Labute approximate surface area is 301 Å². The molecule has 1 saturated carbocycles. The number of aliphatic hydroxyl groups excluding tert-OH is 3. The number of carbonyl (C=O) groups is 3. The highest BCUT2D eigenvalue weighted by molar-refractivity contribution is 6.30. The third kappa shape index (κ3) is 16.4. The van der Waals surface area contributed by atoms with Gasteiger partial charge in [-0.1, -0.05) is 54.1 Å². The first kappa shape index (κ1) is 40.9. The van der Waals surface area contributed by atoms with E-state index in [1.807, 2.05) is 12.2 Å². The number of aliphatic hydroxyl groups is 3. The maximum Gasteiger partial charge on any atom is 0.330 e. The summed E-state index contributed by atoms with van der Waals surface area (Å²) in [7, 11) is 0. The monoisotopic (exact) mass is 732 g/mol. The van der Waals surface area contributed by atoms with Crippen molar-refractivity contribution >= 4 is 29.4 Å². The van der Waals surface area contributed by atoms with Crippen LogP contribution >= 0.6 is 11.6 Å². The van der Waals surface area contributed by atoms with Gasteiger partial charge in [0.1, 0.15) is 30.8 Å². The Morgan fingerprint density at radius 1 is 1.00 bits per heavy atom. The van der Waals surface area contributed by atoms with Crippen LogP contribution in [0.15, 0.2) is 72.8 Å². The first-order valence-corrected chi connectivity index (χ1v) is 17.1. The molecule has 1 aliphatic carbocycles. The molecule has 2 aromatic rings. The first-order chi connectivity index (χ1) is 24.5. The number of amides is 1. The Bertz CT molecular complexity index is 1470. The van der Waals surface area contributed by atoms with Gasteiger partial charge in [-0.2, -0.15) is 0 Å². The van der Waals surface area contributed by atoms with Crippen LogP contribution in [0.2, 0.25) is 5.02 Å². The van der Waals surface area contributed by atoms with Crippen molar-refractivity contribution in [3.8, 4) is 11.5 Å². The van der Waals surface area contributed by atoms with Gasteiger partial charge < -0.3 is 39.7 Å². The summed E-state index contributed by atoms with van der Waals surface area (Å²) in [4.78, 5) is 50.3. The van der Waals surface area contributed by atoms with Crippen molar-refractivity contribution in [2.75, 3.05) is 26.4 Å². The van der Waals surface area contributed by atoms with Gasteiger partial charge in [0.25, 0.3) is 5.09 Å².